The average Bonchev–Trinajstić information content (AvgIpc) is 3.92. The number of hydrogen-bond donors (Lipinski definition) is 0. The Morgan fingerprint density at radius 2 is 0.862 bits per heavy atom. The highest BCUT2D eigenvalue weighted by Crippen LogP contribution is 2.60. The van der Waals surface area contributed by atoms with Crippen LogP contribution in [0.3, 0.4) is 0 Å². The quantitative estimate of drug-likeness (QED) is 0.159. The molecule has 0 amide bonds. The fourth-order valence-corrected chi connectivity index (χ4v) is 11.0. The monoisotopic (exact) mass is 827 g/mol. The third-order valence-corrected chi connectivity index (χ3v) is 13.7. The molecule has 0 unspecified atom stereocenters. The van der Waals surface area contributed by atoms with Crippen molar-refractivity contribution in [3.05, 3.63) is 271 Å². The summed E-state index contributed by atoms with van der Waals surface area (Å²) in [5.41, 5.74) is 16.4. The number of fused-ring (bicyclic) bond motifs is 9. The van der Waals surface area contributed by atoms with Crippen LogP contribution in [0.4, 0.5) is 17.1 Å². The molecule has 0 N–H and O–H groups in total. The van der Waals surface area contributed by atoms with Gasteiger partial charge in [-0.25, -0.2) is 0 Å². The normalized spacial score (nSPS) is 12.7. The minimum atomic E-state index is -0.552. The minimum Gasteiger partial charge on any atom is -0.455 e. The Labute approximate surface area is 377 Å². The number of para-hydroxylation sites is 2. The maximum atomic E-state index is 7.04. The van der Waals surface area contributed by atoms with E-state index in [-0.39, 0.29) is 0 Å². The molecule has 0 radical (unpaired) electrons. The molecule has 1 heterocycles. The van der Waals surface area contributed by atoms with E-state index in [1.54, 1.807) is 0 Å². The zero-order chi connectivity index (χ0) is 42.9. The molecule has 304 valence electrons. The van der Waals surface area contributed by atoms with Crippen LogP contribution in [0.5, 0.6) is 0 Å². The minimum absolute atomic E-state index is 0.552. The summed E-state index contributed by atoms with van der Waals surface area (Å²) in [6, 6.07) is 90.8. The molecule has 1 aliphatic carbocycles. The van der Waals surface area contributed by atoms with Crippen LogP contribution in [0.1, 0.15) is 22.3 Å². The van der Waals surface area contributed by atoms with Gasteiger partial charge >= 0.3 is 0 Å². The fourth-order valence-electron chi connectivity index (χ4n) is 11.0. The molecule has 65 heavy (non-hydrogen) atoms. The van der Waals surface area contributed by atoms with Crippen molar-refractivity contribution in [3.63, 3.8) is 0 Å². The van der Waals surface area contributed by atoms with Crippen LogP contribution in [-0.2, 0) is 5.41 Å². The Kier molecular flexibility index (Phi) is 8.47. The van der Waals surface area contributed by atoms with E-state index in [9.17, 15) is 0 Å². The predicted molar refractivity (Wildman–Crippen MR) is 272 cm³/mol. The van der Waals surface area contributed by atoms with E-state index in [1.807, 2.05) is 0 Å². The fraction of sp³-hybridized carbons (Fsp3) is 0.0159. The van der Waals surface area contributed by atoms with Crippen molar-refractivity contribution in [3.8, 4) is 33.4 Å². The maximum absolute atomic E-state index is 7.04. The highest BCUT2D eigenvalue weighted by atomic mass is 16.3. The van der Waals surface area contributed by atoms with Gasteiger partial charge in [-0.05, 0) is 85.4 Å². The summed E-state index contributed by atoms with van der Waals surface area (Å²) in [5.74, 6) is 0. The van der Waals surface area contributed by atoms with Gasteiger partial charge in [0, 0.05) is 38.5 Å². The molecule has 0 fully saturated rings. The number of rotatable bonds is 7. The molecule has 11 aromatic carbocycles. The topological polar surface area (TPSA) is 16.4 Å². The molecule has 1 aromatic heterocycles. The number of nitrogens with zero attached hydrogens (tertiary/aromatic N) is 1. The SMILES string of the molecule is c1ccc(C2(c3ccccc3)c3ccccc3-c3c(N(c4cccc(-c5cccc6ccccc56)c4)c4ccccc4-c4cccc5c4oc4c6ccccc6ccc54)cccc32)cc1. The molecule has 0 atom stereocenters. The van der Waals surface area contributed by atoms with Crippen molar-refractivity contribution in [2.24, 2.45) is 0 Å². The molecule has 2 nitrogen and oxygen atoms in total. The standard InChI is InChI=1S/C63H41NO/c1-3-23-45(24-4-1)63(46-25-5-2-6-26-46)56-35-13-11-31-55(56)60-57(63)36-18-38-59(60)64(47-27-15-22-44(41-47)49-32-16-21-42-19-7-9-28-48(42)49)58-37-14-12-30-51(58)52-33-17-34-53-54-40-39-43-20-8-10-29-50(43)61(54)65-62(52)53/h1-41H. The molecule has 13 rings (SSSR count). The summed E-state index contributed by atoms with van der Waals surface area (Å²) in [7, 11) is 0. The van der Waals surface area contributed by atoms with Gasteiger partial charge in [-0.2, -0.15) is 0 Å². The summed E-state index contributed by atoms with van der Waals surface area (Å²) in [6.07, 6.45) is 0. The van der Waals surface area contributed by atoms with Crippen LogP contribution in [0, 0.1) is 0 Å². The van der Waals surface area contributed by atoms with E-state index >= 15 is 0 Å². The van der Waals surface area contributed by atoms with Crippen LogP contribution in [-0.4, -0.2) is 0 Å². The zero-order valence-electron chi connectivity index (χ0n) is 35.5. The van der Waals surface area contributed by atoms with Gasteiger partial charge in [0.2, 0.25) is 0 Å². The lowest BCUT2D eigenvalue weighted by molar-refractivity contribution is 0.674. The summed E-state index contributed by atoms with van der Waals surface area (Å²) in [4.78, 5) is 2.50. The van der Waals surface area contributed by atoms with Crippen molar-refractivity contribution in [2.75, 3.05) is 4.90 Å². The molecule has 0 aliphatic heterocycles. The number of furan rings is 1. The third kappa shape index (κ3) is 5.60. The maximum Gasteiger partial charge on any atom is 0.143 e. The van der Waals surface area contributed by atoms with Crippen LogP contribution >= 0.6 is 0 Å². The smallest absolute Gasteiger partial charge is 0.143 e. The van der Waals surface area contributed by atoms with Crippen LogP contribution < -0.4 is 4.90 Å². The van der Waals surface area contributed by atoms with Crippen LogP contribution in [0.2, 0.25) is 0 Å². The van der Waals surface area contributed by atoms with E-state index in [0.717, 1.165) is 61.1 Å². The van der Waals surface area contributed by atoms with Gasteiger partial charge in [-0.1, -0.05) is 218 Å². The zero-order valence-corrected chi connectivity index (χ0v) is 35.5. The van der Waals surface area contributed by atoms with Crippen LogP contribution in [0.25, 0.3) is 76.9 Å². The van der Waals surface area contributed by atoms with Gasteiger partial charge < -0.3 is 9.32 Å². The van der Waals surface area contributed by atoms with Crippen LogP contribution in [0.15, 0.2) is 253 Å². The molecular weight excluding hydrogens is 787 g/mol. The molecular formula is C63H41NO. The lowest BCUT2D eigenvalue weighted by Crippen LogP contribution is -2.28. The van der Waals surface area contributed by atoms with E-state index in [4.69, 9.17) is 4.42 Å². The molecule has 12 aromatic rings. The van der Waals surface area contributed by atoms with Crippen molar-refractivity contribution in [1.29, 1.82) is 0 Å². The largest absolute Gasteiger partial charge is 0.455 e. The predicted octanol–water partition coefficient (Wildman–Crippen LogP) is 17.1. The van der Waals surface area contributed by atoms with E-state index in [1.165, 1.54) is 55.1 Å². The Morgan fingerprint density at radius 3 is 1.68 bits per heavy atom. The lowest BCUT2D eigenvalue weighted by atomic mass is 9.68. The Bertz CT molecular complexity index is 3740. The number of anilines is 3. The Morgan fingerprint density at radius 1 is 0.323 bits per heavy atom. The second-order valence-electron chi connectivity index (χ2n) is 17.1. The summed E-state index contributed by atoms with van der Waals surface area (Å²) in [6.45, 7) is 0. The van der Waals surface area contributed by atoms with Gasteiger partial charge in [0.1, 0.15) is 11.2 Å². The van der Waals surface area contributed by atoms with E-state index in [2.05, 4.69) is 254 Å². The highest BCUT2D eigenvalue weighted by Gasteiger charge is 2.47. The van der Waals surface area contributed by atoms with Crippen molar-refractivity contribution in [1.82, 2.24) is 0 Å². The van der Waals surface area contributed by atoms with Gasteiger partial charge in [-0.3, -0.25) is 0 Å². The van der Waals surface area contributed by atoms with Gasteiger partial charge in [0.15, 0.2) is 0 Å². The second-order valence-corrected chi connectivity index (χ2v) is 17.1. The summed E-state index contributed by atoms with van der Waals surface area (Å²) < 4.78 is 7.04. The van der Waals surface area contributed by atoms with Crippen molar-refractivity contribution >= 4 is 60.5 Å². The number of hydrogen-bond acceptors (Lipinski definition) is 2. The molecule has 0 saturated carbocycles. The summed E-state index contributed by atoms with van der Waals surface area (Å²) >= 11 is 0. The van der Waals surface area contributed by atoms with Gasteiger partial charge in [0.25, 0.3) is 0 Å². The third-order valence-electron chi connectivity index (χ3n) is 13.7. The first kappa shape index (κ1) is 37.1. The first-order chi connectivity index (χ1) is 32.3. The van der Waals surface area contributed by atoms with Gasteiger partial charge in [0.05, 0.1) is 16.8 Å². The Hall–Kier alpha value is -8.46. The van der Waals surface area contributed by atoms with Crippen molar-refractivity contribution in [2.45, 2.75) is 5.41 Å². The molecule has 0 spiro atoms. The molecule has 1 aliphatic rings. The van der Waals surface area contributed by atoms with Gasteiger partial charge in [-0.15, -0.1) is 0 Å². The highest BCUT2D eigenvalue weighted by molar-refractivity contribution is 6.18. The lowest BCUT2D eigenvalue weighted by Gasteiger charge is -2.34. The summed E-state index contributed by atoms with van der Waals surface area (Å²) in [5, 5.41) is 6.96. The van der Waals surface area contributed by atoms with E-state index < -0.39 is 5.41 Å². The van der Waals surface area contributed by atoms with E-state index in [0.29, 0.717) is 0 Å². The first-order valence-corrected chi connectivity index (χ1v) is 22.4. The molecule has 2 heteroatoms. The average molecular weight is 828 g/mol. The number of benzene rings is 11. The molecule has 0 bridgehead atoms. The second kappa shape index (κ2) is 14.8. The Balaban J connectivity index is 1.11. The molecule has 0 saturated heterocycles. The first-order valence-electron chi connectivity index (χ1n) is 22.4. The van der Waals surface area contributed by atoms with Crippen molar-refractivity contribution < 1.29 is 4.42 Å².